The third kappa shape index (κ3) is 2.89. The van der Waals surface area contributed by atoms with Gasteiger partial charge in [-0.25, -0.2) is 9.97 Å². The molecule has 0 saturated carbocycles. The van der Waals surface area contributed by atoms with Crippen molar-refractivity contribution in [1.29, 1.82) is 0 Å². The molecule has 0 spiro atoms. The van der Waals surface area contributed by atoms with Crippen LogP contribution in [0.25, 0.3) is 0 Å². The van der Waals surface area contributed by atoms with E-state index in [1.807, 2.05) is 26.8 Å². The summed E-state index contributed by atoms with van der Waals surface area (Å²) in [6.07, 6.45) is 1.51. The smallest absolute Gasteiger partial charge is 0.130 e. The highest BCUT2D eigenvalue weighted by atomic mass is 16.3. The quantitative estimate of drug-likeness (QED) is 0.796. The number of nitrogens with zero attached hydrogens (tertiary/aromatic N) is 2. The maximum atomic E-state index is 9.97. The summed E-state index contributed by atoms with van der Waals surface area (Å²) in [5.41, 5.74) is -0.376. The standard InChI is InChI=1S/C11H19N3O/c1-8-6-9(13-7-12-8)14-10(2,3)11(4,5)15/h6-7,15H,1-5H3,(H,12,13,14). The lowest BCUT2D eigenvalue weighted by Gasteiger charge is -2.38. The van der Waals surface area contributed by atoms with Crippen LogP contribution in [0.1, 0.15) is 33.4 Å². The van der Waals surface area contributed by atoms with Gasteiger partial charge < -0.3 is 10.4 Å². The third-order valence-electron chi connectivity index (χ3n) is 2.77. The van der Waals surface area contributed by atoms with Crippen LogP contribution in [0.4, 0.5) is 5.82 Å². The van der Waals surface area contributed by atoms with E-state index in [-0.39, 0.29) is 0 Å². The molecule has 15 heavy (non-hydrogen) atoms. The molecule has 4 heteroatoms. The van der Waals surface area contributed by atoms with E-state index in [1.165, 1.54) is 6.33 Å². The predicted molar refractivity (Wildman–Crippen MR) is 60.8 cm³/mol. The van der Waals surface area contributed by atoms with Crippen molar-refractivity contribution in [3.8, 4) is 0 Å². The Balaban J connectivity index is 2.87. The van der Waals surface area contributed by atoms with Crippen LogP contribution in [0.2, 0.25) is 0 Å². The Morgan fingerprint density at radius 3 is 2.27 bits per heavy atom. The summed E-state index contributed by atoms with van der Waals surface area (Å²) in [4.78, 5) is 8.12. The van der Waals surface area contributed by atoms with Crippen LogP contribution in [0, 0.1) is 6.92 Å². The van der Waals surface area contributed by atoms with Crippen molar-refractivity contribution in [3.63, 3.8) is 0 Å². The second-order valence-corrected chi connectivity index (χ2v) is 4.85. The van der Waals surface area contributed by atoms with Gasteiger partial charge in [0.05, 0.1) is 11.1 Å². The number of nitrogens with one attached hydrogen (secondary N) is 1. The molecular weight excluding hydrogens is 190 g/mol. The van der Waals surface area contributed by atoms with Gasteiger partial charge in [-0.05, 0) is 34.6 Å². The first kappa shape index (κ1) is 11.9. The van der Waals surface area contributed by atoms with E-state index in [9.17, 15) is 5.11 Å². The molecule has 2 N–H and O–H groups in total. The van der Waals surface area contributed by atoms with E-state index in [0.717, 1.165) is 11.5 Å². The highest BCUT2D eigenvalue weighted by Gasteiger charge is 2.35. The van der Waals surface area contributed by atoms with Crippen LogP contribution in [0.15, 0.2) is 12.4 Å². The molecule has 0 bridgehead atoms. The van der Waals surface area contributed by atoms with Crippen LogP contribution in [0.3, 0.4) is 0 Å². The number of hydrogen-bond acceptors (Lipinski definition) is 4. The molecule has 0 aliphatic rings. The molecule has 0 fully saturated rings. The van der Waals surface area contributed by atoms with Gasteiger partial charge in [0.15, 0.2) is 0 Å². The zero-order chi connectivity index (χ0) is 11.7. The van der Waals surface area contributed by atoms with Gasteiger partial charge in [-0.3, -0.25) is 0 Å². The topological polar surface area (TPSA) is 58.0 Å². The van der Waals surface area contributed by atoms with Crippen LogP contribution in [-0.4, -0.2) is 26.2 Å². The summed E-state index contributed by atoms with van der Waals surface area (Å²) >= 11 is 0. The summed E-state index contributed by atoms with van der Waals surface area (Å²) in [5, 5.41) is 13.2. The lowest BCUT2D eigenvalue weighted by molar-refractivity contribution is 0.0238. The Morgan fingerprint density at radius 1 is 1.20 bits per heavy atom. The van der Waals surface area contributed by atoms with E-state index in [4.69, 9.17) is 0 Å². The van der Waals surface area contributed by atoms with E-state index < -0.39 is 11.1 Å². The molecule has 84 valence electrons. The molecule has 0 unspecified atom stereocenters. The lowest BCUT2D eigenvalue weighted by Crippen LogP contribution is -2.51. The highest BCUT2D eigenvalue weighted by molar-refractivity contribution is 5.38. The number of anilines is 1. The van der Waals surface area contributed by atoms with Crippen LogP contribution >= 0.6 is 0 Å². The largest absolute Gasteiger partial charge is 0.388 e. The van der Waals surface area contributed by atoms with Crippen LogP contribution in [0.5, 0.6) is 0 Å². The third-order valence-corrected chi connectivity index (χ3v) is 2.77. The minimum atomic E-state index is -0.828. The first-order valence-electron chi connectivity index (χ1n) is 5.01. The minimum absolute atomic E-state index is 0.451. The van der Waals surface area contributed by atoms with E-state index >= 15 is 0 Å². The van der Waals surface area contributed by atoms with Crippen molar-refractivity contribution in [2.75, 3.05) is 5.32 Å². The minimum Gasteiger partial charge on any atom is -0.388 e. The average molecular weight is 209 g/mol. The molecule has 0 saturated heterocycles. The van der Waals surface area contributed by atoms with Gasteiger partial charge in [-0.2, -0.15) is 0 Å². The first-order chi connectivity index (χ1) is 6.72. The lowest BCUT2D eigenvalue weighted by atomic mass is 9.86. The second-order valence-electron chi connectivity index (χ2n) is 4.85. The van der Waals surface area contributed by atoms with Gasteiger partial charge in [0.25, 0.3) is 0 Å². The maximum Gasteiger partial charge on any atom is 0.130 e. The van der Waals surface area contributed by atoms with Crippen LogP contribution < -0.4 is 5.32 Å². The van der Waals surface area contributed by atoms with Gasteiger partial charge in [0.1, 0.15) is 12.1 Å². The molecule has 1 aromatic rings. The van der Waals surface area contributed by atoms with Crippen LogP contribution in [-0.2, 0) is 0 Å². The second kappa shape index (κ2) is 3.77. The molecule has 0 atom stereocenters. The van der Waals surface area contributed by atoms with Gasteiger partial charge in [0.2, 0.25) is 0 Å². The van der Waals surface area contributed by atoms with Gasteiger partial charge in [-0.15, -0.1) is 0 Å². The molecule has 4 nitrogen and oxygen atoms in total. The number of hydrogen-bond donors (Lipinski definition) is 2. The van der Waals surface area contributed by atoms with E-state index in [2.05, 4.69) is 15.3 Å². The normalized spacial score (nSPS) is 12.7. The zero-order valence-electron chi connectivity index (χ0n) is 10.00. The number of aromatic nitrogens is 2. The summed E-state index contributed by atoms with van der Waals surface area (Å²) in [6, 6.07) is 1.85. The summed E-state index contributed by atoms with van der Waals surface area (Å²) in [6.45, 7) is 9.32. The average Bonchev–Trinajstić information content (AvgIpc) is 2.00. The SMILES string of the molecule is Cc1cc(NC(C)(C)C(C)(C)O)ncn1. The molecule has 0 aliphatic heterocycles. The fourth-order valence-corrected chi connectivity index (χ4v) is 0.996. The summed E-state index contributed by atoms with van der Waals surface area (Å²) in [5.74, 6) is 0.731. The highest BCUT2D eigenvalue weighted by Crippen LogP contribution is 2.24. The van der Waals surface area contributed by atoms with E-state index in [0.29, 0.717) is 0 Å². The fraction of sp³-hybridized carbons (Fsp3) is 0.636. The van der Waals surface area contributed by atoms with Crippen molar-refractivity contribution in [2.24, 2.45) is 0 Å². The maximum absolute atomic E-state index is 9.97. The Labute approximate surface area is 90.8 Å². The molecule has 1 heterocycles. The Hall–Kier alpha value is -1.16. The molecule has 0 aromatic carbocycles. The van der Waals surface area contributed by atoms with Crippen molar-refractivity contribution in [2.45, 2.75) is 45.8 Å². The summed E-state index contributed by atoms with van der Waals surface area (Å²) in [7, 11) is 0. The number of aliphatic hydroxyl groups is 1. The number of aryl methyl sites for hydroxylation is 1. The van der Waals surface area contributed by atoms with Crippen molar-refractivity contribution >= 4 is 5.82 Å². The van der Waals surface area contributed by atoms with Crippen molar-refractivity contribution in [1.82, 2.24) is 9.97 Å². The Bertz CT molecular complexity index is 342. The Morgan fingerprint density at radius 2 is 1.80 bits per heavy atom. The van der Waals surface area contributed by atoms with Gasteiger partial charge in [0, 0.05) is 11.8 Å². The van der Waals surface area contributed by atoms with Gasteiger partial charge in [-0.1, -0.05) is 0 Å². The molecule has 0 radical (unpaired) electrons. The zero-order valence-corrected chi connectivity index (χ0v) is 10.00. The van der Waals surface area contributed by atoms with Crippen molar-refractivity contribution in [3.05, 3.63) is 18.1 Å². The van der Waals surface area contributed by atoms with E-state index in [1.54, 1.807) is 13.8 Å². The predicted octanol–water partition coefficient (Wildman–Crippen LogP) is 1.75. The molecular formula is C11H19N3O. The molecule has 0 amide bonds. The summed E-state index contributed by atoms with van der Waals surface area (Å²) < 4.78 is 0. The monoisotopic (exact) mass is 209 g/mol. The van der Waals surface area contributed by atoms with Gasteiger partial charge >= 0.3 is 0 Å². The Kier molecular flexibility index (Phi) is 3.00. The number of rotatable bonds is 3. The first-order valence-corrected chi connectivity index (χ1v) is 5.01. The molecule has 1 aromatic heterocycles. The fourth-order valence-electron chi connectivity index (χ4n) is 0.996. The van der Waals surface area contributed by atoms with Crippen molar-refractivity contribution < 1.29 is 5.11 Å². The molecule has 0 aliphatic carbocycles. The molecule has 1 rings (SSSR count).